The Bertz CT molecular complexity index is 1480. The number of pyridine rings is 1. The molecule has 1 atom stereocenters. The Morgan fingerprint density at radius 3 is 2.66 bits per heavy atom. The summed E-state index contributed by atoms with van der Waals surface area (Å²) >= 11 is 0. The molecule has 0 spiro atoms. The number of aryl methyl sites for hydroxylation is 1. The normalized spacial score (nSPS) is 19.1. The third-order valence-electron chi connectivity index (χ3n) is 6.10. The van der Waals surface area contributed by atoms with E-state index < -0.39 is 44.8 Å². The number of anilines is 2. The third kappa shape index (κ3) is 4.32. The van der Waals surface area contributed by atoms with Crippen molar-refractivity contribution in [3.63, 3.8) is 0 Å². The molecule has 2 aliphatic heterocycles. The lowest BCUT2D eigenvalue weighted by atomic mass is 10.0. The van der Waals surface area contributed by atoms with E-state index in [9.17, 15) is 22.0 Å². The predicted molar refractivity (Wildman–Crippen MR) is 124 cm³/mol. The summed E-state index contributed by atoms with van der Waals surface area (Å²) in [6.07, 6.45) is 0.148. The molecule has 0 radical (unpaired) electrons. The molecule has 10 nitrogen and oxygen atoms in total. The Morgan fingerprint density at radius 2 is 2.00 bits per heavy atom. The van der Waals surface area contributed by atoms with Crippen LogP contribution >= 0.6 is 0 Å². The Kier molecular flexibility index (Phi) is 5.89. The van der Waals surface area contributed by atoms with Gasteiger partial charge in [0, 0.05) is 44.8 Å². The molecule has 2 fully saturated rings. The number of fused-ring (bicyclic) bond motifs is 1. The molecule has 4 heterocycles. The fourth-order valence-corrected chi connectivity index (χ4v) is 5.32. The number of hydrogen-bond acceptors (Lipinski definition) is 7. The molecule has 14 heteroatoms. The highest BCUT2D eigenvalue weighted by Crippen LogP contribution is 2.31. The highest BCUT2D eigenvalue weighted by atomic mass is 32.2. The maximum absolute atomic E-state index is 15.4. The topological polar surface area (TPSA) is 121 Å². The summed E-state index contributed by atoms with van der Waals surface area (Å²) in [5, 5.41) is 6.59. The monoisotopic (exact) mass is 509 g/mol. The molecule has 2 aromatic heterocycles. The summed E-state index contributed by atoms with van der Waals surface area (Å²) in [6, 6.07) is 3.20. The lowest BCUT2D eigenvalue weighted by Crippen LogP contribution is -2.51. The van der Waals surface area contributed by atoms with Crippen molar-refractivity contribution in [2.75, 3.05) is 36.2 Å². The minimum atomic E-state index is -4.28. The first-order chi connectivity index (χ1) is 16.6. The highest BCUT2D eigenvalue weighted by Gasteiger charge is 2.32. The second-order valence-corrected chi connectivity index (χ2v) is 10.2. The predicted octanol–water partition coefficient (Wildman–Crippen LogP) is 1.36. The maximum Gasteiger partial charge on any atom is 0.301 e. The third-order valence-corrected chi connectivity index (χ3v) is 7.59. The zero-order valence-corrected chi connectivity index (χ0v) is 19.4. The van der Waals surface area contributed by atoms with Gasteiger partial charge in [-0.1, -0.05) is 0 Å². The van der Waals surface area contributed by atoms with Gasteiger partial charge < -0.3 is 10.6 Å². The van der Waals surface area contributed by atoms with Gasteiger partial charge in [0.2, 0.25) is 5.95 Å². The largest absolute Gasteiger partial charge is 0.349 e. The van der Waals surface area contributed by atoms with Crippen LogP contribution < -0.4 is 20.9 Å². The number of hydrogen-bond donors (Lipinski definition) is 3. The first-order valence-electron chi connectivity index (χ1n) is 10.9. The number of alkyl halides is 1. The zero-order chi connectivity index (χ0) is 24.9. The van der Waals surface area contributed by atoms with E-state index in [-0.39, 0.29) is 36.8 Å². The summed E-state index contributed by atoms with van der Waals surface area (Å²) in [6.45, 7) is 1.09. The van der Waals surface area contributed by atoms with Crippen molar-refractivity contribution in [3.05, 3.63) is 46.4 Å². The summed E-state index contributed by atoms with van der Waals surface area (Å²) in [5.74, 6) is -2.00. The maximum atomic E-state index is 15.4. The second kappa shape index (κ2) is 8.77. The smallest absolute Gasteiger partial charge is 0.301 e. The lowest BCUT2D eigenvalue weighted by molar-refractivity contribution is 0.343. The van der Waals surface area contributed by atoms with Crippen LogP contribution in [-0.2, 0) is 17.3 Å². The molecule has 1 aromatic carbocycles. The molecule has 5 rings (SSSR count). The van der Waals surface area contributed by atoms with Crippen molar-refractivity contribution < 1.29 is 21.6 Å². The van der Waals surface area contributed by atoms with Crippen molar-refractivity contribution in [1.82, 2.24) is 24.2 Å². The van der Waals surface area contributed by atoms with E-state index >= 15 is 4.39 Å². The number of halogens is 3. The lowest BCUT2D eigenvalue weighted by Gasteiger charge is -2.27. The van der Waals surface area contributed by atoms with E-state index in [1.54, 1.807) is 0 Å². The van der Waals surface area contributed by atoms with Crippen LogP contribution in [-0.4, -0.2) is 65.7 Å². The molecule has 35 heavy (non-hydrogen) atoms. The van der Waals surface area contributed by atoms with E-state index in [0.717, 1.165) is 34.1 Å². The van der Waals surface area contributed by atoms with Crippen molar-refractivity contribution in [1.29, 1.82) is 0 Å². The summed E-state index contributed by atoms with van der Waals surface area (Å²) < 4.78 is 72.8. The number of benzene rings is 1. The van der Waals surface area contributed by atoms with Crippen molar-refractivity contribution in [2.45, 2.75) is 18.6 Å². The summed E-state index contributed by atoms with van der Waals surface area (Å²) in [7, 11) is -2.86. The van der Waals surface area contributed by atoms with Gasteiger partial charge in [-0.2, -0.15) is 17.7 Å². The molecule has 0 amide bonds. The molecule has 0 saturated carbocycles. The van der Waals surface area contributed by atoms with Gasteiger partial charge in [0.25, 0.3) is 5.56 Å². The van der Waals surface area contributed by atoms with Gasteiger partial charge in [-0.3, -0.25) is 14.1 Å². The van der Waals surface area contributed by atoms with Gasteiger partial charge in [-0.05, 0) is 24.6 Å². The summed E-state index contributed by atoms with van der Waals surface area (Å²) in [5.41, 5.74) is -2.05. The van der Waals surface area contributed by atoms with Gasteiger partial charge >= 0.3 is 10.2 Å². The van der Waals surface area contributed by atoms with Gasteiger partial charge in [0.1, 0.15) is 17.6 Å². The van der Waals surface area contributed by atoms with Crippen LogP contribution in [0.3, 0.4) is 0 Å². The van der Waals surface area contributed by atoms with E-state index in [2.05, 4.69) is 20.6 Å². The van der Waals surface area contributed by atoms with Gasteiger partial charge in [-0.15, -0.1) is 0 Å². The number of nitrogens with one attached hydrogen (secondary N) is 3. The Balaban J connectivity index is 1.54. The molecular formula is C21H22F3N7O3S. The van der Waals surface area contributed by atoms with Crippen LogP contribution in [0.4, 0.5) is 24.8 Å². The molecule has 0 aliphatic carbocycles. The molecule has 0 bridgehead atoms. The zero-order valence-electron chi connectivity index (χ0n) is 18.6. The molecule has 186 valence electrons. The van der Waals surface area contributed by atoms with E-state index in [0.29, 0.717) is 11.3 Å². The highest BCUT2D eigenvalue weighted by molar-refractivity contribution is 7.90. The summed E-state index contributed by atoms with van der Waals surface area (Å²) in [4.78, 5) is 21.6. The second-order valence-electron chi connectivity index (χ2n) is 8.53. The van der Waals surface area contributed by atoms with Crippen LogP contribution in [0.1, 0.15) is 6.42 Å². The van der Waals surface area contributed by atoms with Gasteiger partial charge in [-0.25, -0.2) is 18.2 Å². The average molecular weight is 510 g/mol. The molecule has 3 aromatic rings. The van der Waals surface area contributed by atoms with Gasteiger partial charge in [0.05, 0.1) is 22.9 Å². The van der Waals surface area contributed by atoms with Crippen molar-refractivity contribution in [2.24, 2.45) is 7.05 Å². The van der Waals surface area contributed by atoms with Crippen LogP contribution in [0.5, 0.6) is 0 Å². The van der Waals surface area contributed by atoms with E-state index in [1.165, 1.54) is 19.3 Å². The SMILES string of the molecule is Cn1c(=O)c(-c2c(F)ccc(NS(=O)(=O)N3CC[C@@H](F)C3)c2F)cc2cnc(NC3CNC3)nc21. The Hall–Kier alpha value is -3.23. The number of rotatable bonds is 6. The van der Waals surface area contributed by atoms with Gasteiger partial charge in [0.15, 0.2) is 5.82 Å². The van der Waals surface area contributed by atoms with E-state index in [4.69, 9.17) is 0 Å². The van der Waals surface area contributed by atoms with Crippen LogP contribution in [0, 0.1) is 11.6 Å². The standard InChI is InChI=1S/C21H22F3N7O3S/c1-30-19-11(7-26-21(28-19)27-13-8-25-9-13)6-14(20(30)32)17-15(23)2-3-16(18(17)24)29-35(33,34)31-5-4-12(22)10-31/h2-3,6-7,12-13,25,29H,4-5,8-10H2,1H3,(H,26,27,28)/t12-/m1/s1. The van der Waals surface area contributed by atoms with Crippen molar-refractivity contribution in [3.8, 4) is 11.1 Å². The molecular weight excluding hydrogens is 487 g/mol. The van der Waals surface area contributed by atoms with E-state index in [1.807, 2.05) is 4.72 Å². The quantitative estimate of drug-likeness (QED) is 0.459. The Labute approximate surface area is 198 Å². The van der Waals surface area contributed by atoms with Crippen LogP contribution in [0.15, 0.2) is 29.2 Å². The van der Waals surface area contributed by atoms with Crippen LogP contribution in [0.2, 0.25) is 0 Å². The van der Waals surface area contributed by atoms with Crippen LogP contribution in [0.25, 0.3) is 22.2 Å². The molecule has 0 unspecified atom stereocenters. The number of nitrogens with zero attached hydrogens (tertiary/aromatic N) is 4. The first kappa shape index (κ1) is 23.5. The fourth-order valence-electron chi connectivity index (χ4n) is 4.06. The molecule has 2 saturated heterocycles. The Morgan fingerprint density at radius 1 is 1.23 bits per heavy atom. The minimum absolute atomic E-state index is 0.0298. The molecule has 2 aliphatic rings. The fraction of sp³-hybridized carbons (Fsp3) is 0.381. The number of aromatic nitrogens is 3. The average Bonchev–Trinajstić information content (AvgIpc) is 3.24. The van der Waals surface area contributed by atoms with Crippen molar-refractivity contribution >= 4 is 32.9 Å². The minimum Gasteiger partial charge on any atom is -0.349 e. The molecule has 3 N–H and O–H groups in total. The first-order valence-corrected chi connectivity index (χ1v) is 12.3.